The van der Waals surface area contributed by atoms with Crippen molar-refractivity contribution in [2.24, 2.45) is 0 Å². The molecular formula is C43H46F2N4O7S2. The molecule has 0 fully saturated rings. The van der Waals surface area contributed by atoms with Crippen LogP contribution in [-0.2, 0) is 60.3 Å². The fraction of sp³-hybridized carbons (Fsp3) is 0.302. The van der Waals surface area contributed by atoms with Crippen molar-refractivity contribution in [3.8, 4) is 0 Å². The Morgan fingerprint density at radius 2 is 1.07 bits per heavy atom. The van der Waals surface area contributed by atoms with Crippen LogP contribution in [0, 0.1) is 25.5 Å². The van der Waals surface area contributed by atoms with Crippen LogP contribution in [0.1, 0.15) is 66.8 Å². The van der Waals surface area contributed by atoms with Gasteiger partial charge in [0.25, 0.3) is 0 Å². The van der Waals surface area contributed by atoms with Crippen molar-refractivity contribution < 1.29 is 39.9 Å². The zero-order valence-electron chi connectivity index (χ0n) is 32.8. The van der Waals surface area contributed by atoms with Crippen LogP contribution < -0.4 is 9.44 Å². The quantitative estimate of drug-likeness (QED) is 0.0562. The Hall–Kier alpha value is -5.22. The molecular weight excluding hydrogens is 787 g/mol. The van der Waals surface area contributed by atoms with Gasteiger partial charge in [0, 0.05) is 46.3 Å². The van der Waals surface area contributed by atoms with E-state index in [1.54, 1.807) is 59.4 Å². The van der Waals surface area contributed by atoms with Crippen LogP contribution in [0.5, 0.6) is 0 Å². The molecule has 2 N–H and O–H groups in total. The standard InChI is InChI=1S/C43H46F2N4O7S2/c1-5-7-19-47-58(54,55)35-13-9-11-31(21-35)23-37-29(4)49(41-17-15-33(45)25-39(37)41)27-43(51)56-42(50)26-48-28(3)36(38-24-32(44)14-16-40(38)48)22-30-10-8-12-34(20-30)57(52,53)46-18-6-2/h8-17,20-21,24-25,46-47H,5-7,18-19,22-23,26-27H2,1-4H3. The van der Waals surface area contributed by atoms with E-state index in [0.717, 1.165) is 6.42 Å². The summed E-state index contributed by atoms with van der Waals surface area (Å²) in [7, 11) is -7.47. The summed E-state index contributed by atoms with van der Waals surface area (Å²) >= 11 is 0. The summed E-state index contributed by atoms with van der Waals surface area (Å²) in [6.07, 6.45) is 2.65. The van der Waals surface area contributed by atoms with E-state index in [2.05, 4.69) is 9.44 Å². The lowest BCUT2D eigenvalue weighted by molar-refractivity contribution is -0.160. The second-order valence-electron chi connectivity index (χ2n) is 14.3. The topological polar surface area (TPSA) is 146 Å². The predicted octanol–water partition coefficient (Wildman–Crippen LogP) is 7.21. The molecule has 11 nitrogen and oxygen atoms in total. The minimum atomic E-state index is -3.74. The number of fused-ring (bicyclic) bond motifs is 2. The second-order valence-corrected chi connectivity index (χ2v) is 17.8. The van der Waals surface area contributed by atoms with Gasteiger partial charge in [-0.1, -0.05) is 44.5 Å². The summed E-state index contributed by atoms with van der Waals surface area (Å²) in [5, 5.41) is 1.06. The third-order valence-electron chi connectivity index (χ3n) is 10.2. The lowest BCUT2D eigenvalue weighted by Crippen LogP contribution is -2.24. The largest absolute Gasteiger partial charge is 0.390 e. The molecule has 0 saturated carbocycles. The van der Waals surface area contributed by atoms with Gasteiger partial charge in [-0.05, 0) is 122 Å². The number of ether oxygens (including phenoxy) is 1. The van der Waals surface area contributed by atoms with Crippen molar-refractivity contribution >= 4 is 53.8 Å². The number of hydrogen-bond donors (Lipinski definition) is 2. The number of esters is 2. The lowest BCUT2D eigenvalue weighted by Gasteiger charge is -2.11. The molecule has 4 aromatic carbocycles. The van der Waals surface area contributed by atoms with Crippen LogP contribution in [-0.4, -0.2) is 51.0 Å². The average Bonchev–Trinajstić information content (AvgIpc) is 3.57. The van der Waals surface area contributed by atoms with Crippen molar-refractivity contribution in [2.45, 2.75) is 82.7 Å². The third-order valence-corrected chi connectivity index (χ3v) is 13.1. The molecule has 0 saturated heterocycles. The number of rotatable bonds is 17. The zero-order chi connectivity index (χ0) is 41.8. The minimum absolute atomic E-state index is 0.103. The van der Waals surface area contributed by atoms with E-state index in [1.807, 2.05) is 13.8 Å². The number of nitrogens with one attached hydrogen (secondary N) is 2. The van der Waals surface area contributed by atoms with E-state index in [0.29, 0.717) is 81.4 Å². The number of halogens is 2. The Balaban J connectivity index is 1.22. The van der Waals surface area contributed by atoms with Gasteiger partial charge in [-0.2, -0.15) is 0 Å². The first-order chi connectivity index (χ1) is 27.6. The summed E-state index contributed by atoms with van der Waals surface area (Å²) in [5.74, 6) is -2.70. The number of hydrogen-bond acceptors (Lipinski definition) is 7. The molecule has 0 spiro atoms. The van der Waals surface area contributed by atoms with Gasteiger partial charge in [-0.15, -0.1) is 0 Å². The highest BCUT2D eigenvalue weighted by molar-refractivity contribution is 7.89. The lowest BCUT2D eigenvalue weighted by atomic mass is 10.0. The molecule has 58 heavy (non-hydrogen) atoms. The number of carbonyl (C=O) groups excluding carboxylic acids is 2. The molecule has 306 valence electrons. The van der Waals surface area contributed by atoms with Gasteiger partial charge in [0.2, 0.25) is 20.0 Å². The molecule has 0 radical (unpaired) electrons. The number of nitrogens with zero attached hydrogens (tertiary/aromatic N) is 2. The van der Waals surface area contributed by atoms with E-state index < -0.39 is 43.6 Å². The maximum atomic E-state index is 14.6. The molecule has 0 aliphatic carbocycles. The minimum Gasteiger partial charge on any atom is -0.390 e. The number of aromatic nitrogens is 2. The van der Waals surface area contributed by atoms with Gasteiger partial charge >= 0.3 is 11.9 Å². The van der Waals surface area contributed by atoms with Crippen LogP contribution in [0.2, 0.25) is 0 Å². The van der Waals surface area contributed by atoms with E-state index >= 15 is 0 Å². The first-order valence-corrected chi connectivity index (χ1v) is 22.0. The van der Waals surface area contributed by atoms with Gasteiger partial charge in [0.1, 0.15) is 24.7 Å². The zero-order valence-corrected chi connectivity index (χ0v) is 34.4. The van der Waals surface area contributed by atoms with Crippen LogP contribution in [0.4, 0.5) is 8.78 Å². The average molecular weight is 833 g/mol. The molecule has 0 bridgehead atoms. The Labute approximate surface area is 337 Å². The van der Waals surface area contributed by atoms with Crippen LogP contribution in [0.25, 0.3) is 21.8 Å². The SMILES string of the molecule is CCCCNS(=O)(=O)c1cccc(Cc2c(C)n(CC(=O)OC(=O)Cn3c(C)c(Cc4cccc(S(=O)(=O)NCCC)c4)c4cc(F)ccc43)c3ccc(F)cc23)c1. The van der Waals surface area contributed by atoms with Crippen LogP contribution in [0.15, 0.2) is 94.7 Å². The molecule has 0 aliphatic heterocycles. The van der Waals surface area contributed by atoms with Gasteiger partial charge in [0.15, 0.2) is 0 Å². The monoisotopic (exact) mass is 832 g/mol. The highest BCUT2D eigenvalue weighted by atomic mass is 32.2. The Bertz CT molecular complexity index is 2740. The first kappa shape index (κ1) is 42.4. The maximum Gasteiger partial charge on any atom is 0.333 e. The summed E-state index contributed by atoms with van der Waals surface area (Å²) in [6.45, 7) is 7.22. The van der Waals surface area contributed by atoms with Crippen LogP contribution in [0.3, 0.4) is 0 Å². The van der Waals surface area contributed by atoms with Gasteiger partial charge in [0.05, 0.1) is 9.79 Å². The van der Waals surface area contributed by atoms with E-state index in [-0.39, 0.29) is 35.7 Å². The first-order valence-electron chi connectivity index (χ1n) is 19.1. The van der Waals surface area contributed by atoms with Crippen molar-refractivity contribution in [1.82, 2.24) is 18.6 Å². The maximum absolute atomic E-state index is 14.6. The smallest absolute Gasteiger partial charge is 0.333 e. The van der Waals surface area contributed by atoms with Crippen molar-refractivity contribution in [3.63, 3.8) is 0 Å². The molecule has 0 atom stereocenters. The summed E-state index contributed by atoms with van der Waals surface area (Å²) < 4.78 is 94.5. The highest BCUT2D eigenvalue weighted by Gasteiger charge is 2.23. The predicted molar refractivity (Wildman–Crippen MR) is 218 cm³/mol. The van der Waals surface area contributed by atoms with E-state index in [9.17, 15) is 35.2 Å². The fourth-order valence-corrected chi connectivity index (χ4v) is 9.54. The number of benzene rings is 4. The molecule has 6 rings (SSSR count). The Kier molecular flexibility index (Phi) is 13.0. The summed E-state index contributed by atoms with van der Waals surface area (Å²) in [5.41, 5.74) is 4.95. The van der Waals surface area contributed by atoms with Gasteiger partial charge in [-0.3, -0.25) is 0 Å². The normalized spacial score (nSPS) is 12.1. The highest BCUT2D eigenvalue weighted by Crippen LogP contribution is 2.31. The molecule has 0 aliphatic rings. The summed E-state index contributed by atoms with van der Waals surface area (Å²) in [4.78, 5) is 27.0. The second kappa shape index (κ2) is 17.7. The molecule has 6 aromatic rings. The van der Waals surface area contributed by atoms with Gasteiger partial charge in [-0.25, -0.2) is 44.6 Å². The molecule has 2 aromatic heterocycles. The molecule has 0 amide bonds. The number of unbranched alkanes of at least 4 members (excludes halogenated alkanes) is 1. The van der Waals surface area contributed by atoms with E-state index in [1.165, 1.54) is 48.5 Å². The van der Waals surface area contributed by atoms with Crippen molar-refractivity contribution in [1.29, 1.82) is 0 Å². The Morgan fingerprint density at radius 1 is 0.621 bits per heavy atom. The van der Waals surface area contributed by atoms with Gasteiger partial charge < -0.3 is 13.9 Å². The molecule has 0 unspecified atom stereocenters. The van der Waals surface area contributed by atoms with Crippen molar-refractivity contribution in [3.05, 3.63) is 130 Å². The fourth-order valence-electron chi connectivity index (χ4n) is 7.19. The molecule has 15 heteroatoms. The molecule has 2 heterocycles. The third kappa shape index (κ3) is 9.39. The number of sulfonamides is 2. The van der Waals surface area contributed by atoms with Crippen LogP contribution >= 0.6 is 0 Å². The Morgan fingerprint density at radius 3 is 1.50 bits per heavy atom. The van der Waals surface area contributed by atoms with E-state index in [4.69, 9.17) is 4.74 Å². The summed E-state index contributed by atoms with van der Waals surface area (Å²) in [6, 6.07) is 21.3. The number of carbonyl (C=O) groups is 2. The van der Waals surface area contributed by atoms with Crippen molar-refractivity contribution in [2.75, 3.05) is 13.1 Å².